The number of benzene rings is 1. The Morgan fingerprint density at radius 1 is 1.13 bits per heavy atom. The Labute approximate surface area is 182 Å². The number of para-hydroxylation sites is 1. The molecule has 0 N–H and O–H groups in total. The molecule has 0 unspecified atom stereocenters. The molecule has 1 spiro atoms. The highest BCUT2D eigenvalue weighted by Gasteiger charge is 2.60. The van der Waals surface area contributed by atoms with Gasteiger partial charge in [-0.15, -0.1) is 0 Å². The number of hydrogen-bond acceptors (Lipinski definition) is 7. The third kappa shape index (κ3) is 4.16. The number of hydrogen-bond donors (Lipinski definition) is 0. The topological polar surface area (TPSA) is 94.5 Å². The number of anilines is 1. The van der Waals surface area contributed by atoms with Crippen molar-refractivity contribution < 1.29 is 28.6 Å². The van der Waals surface area contributed by atoms with Gasteiger partial charge in [0.25, 0.3) is 0 Å². The normalized spacial score (nSPS) is 22.0. The maximum absolute atomic E-state index is 13.4. The largest absolute Gasteiger partial charge is 0.465 e. The molecule has 31 heavy (non-hydrogen) atoms. The first-order valence-electron chi connectivity index (χ1n) is 10.6. The molecule has 0 aromatic heterocycles. The van der Waals surface area contributed by atoms with Crippen molar-refractivity contribution in [3.05, 3.63) is 29.8 Å². The Kier molecular flexibility index (Phi) is 6.38. The van der Waals surface area contributed by atoms with Gasteiger partial charge < -0.3 is 14.2 Å². The van der Waals surface area contributed by atoms with Crippen LogP contribution >= 0.6 is 0 Å². The van der Waals surface area contributed by atoms with Gasteiger partial charge >= 0.3 is 18.0 Å². The Bertz CT molecular complexity index is 872. The Balaban J connectivity index is 2.20. The van der Waals surface area contributed by atoms with Crippen molar-refractivity contribution in [2.75, 3.05) is 24.7 Å². The Morgan fingerprint density at radius 2 is 1.74 bits per heavy atom. The van der Waals surface area contributed by atoms with Crippen LogP contribution in [0.25, 0.3) is 0 Å². The summed E-state index contributed by atoms with van der Waals surface area (Å²) < 4.78 is 16.2. The van der Waals surface area contributed by atoms with Crippen molar-refractivity contribution in [1.82, 2.24) is 0 Å². The SMILES string of the molecule is CCOC(=O)C(C(=O)OCC)[C@@H]1N(C(=O)OC(C)(C)C)c2ccccc2[C@]12C=NCC2. The molecular formula is C23H30N2O6. The van der Waals surface area contributed by atoms with Gasteiger partial charge in [0.1, 0.15) is 5.60 Å². The molecule has 0 bridgehead atoms. The second-order valence-electron chi connectivity index (χ2n) is 8.62. The van der Waals surface area contributed by atoms with E-state index in [0.717, 1.165) is 5.56 Å². The minimum absolute atomic E-state index is 0.0991. The van der Waals surface area contributed by atoms with Gasteiger partial charge in [-0.3, -0.25) is 19.5 Å². The summed E-state index contributed by atoms with van der Waals surface area (Å²) >= 11 is 0. The highest BCUT2D eigenvalue weighted by Crippen LogP contribution is 2.51. The monoisotopic (exact) mass is 430 g/mol. The van der Waals surface area contributed by atoms with Crippen LogP contribution in [-0.4, -0.2) is 55.6 Å². The summed E-state index contributed by atoms with van der Waals surface area (Å²) in [6.45, 7) is 9.35. The third-order valence-corrected chi connectivity index (χ3v) is 5.43. The van der Waals surface area contributed by atoms with Crippen LogP contribution in [0.2, 0.25) is 0 Å². The molecule has 168 valence electrons. The molecule has 0 fully saturated rings. The van der Waals surface area contributed by atoms with E-state index < -0.39 is 41.0 Å². The molecule has 2 heterocycles. The van der Waals surface area contributed by atoms with Gasteiger partial charge in [-0.2, -0.15) is 0 Å². The number of nitrogens with zero attached hydrogens (tertiary/aromatic N) is 2. The van der Waals surface area contributed by atoms with Crippen LogP contribution in [0.15, 0.2) is 29.3 Å². The fraction of sp³-hybridized carbons (Fsp3) is 0.565. The molecule has 2 atom stereocenters. The Morgan fingerprint density at radius 3 is 2.26 bits per heavy atom. The summed E-state index contributed by atoms with van der Waals surface area (Å²) in [4.78, 5) is 45.3. The summed E-state index contributed by atoms with van der Waals surface area (Å²) in [6, 6.07) is 6.45. The first kappa shape index (κ1) is 22.8. The van der Waals surface area contributed by atoms with Crippen LogP contribution in [0.4, 0.5) is 10.5 Å². The second kappa shape index (κ2) is 8.69. The molecule has 8 heteroatoms. The van der Waals surface area contributed by atoms with E-state index in [4.69, 9.17) is 14.2 Å². The lowest BCUT2D eigenvalue weighted by molar-refractivity contribution is -0.163. The van der Waals surface area contributed by atoms with E-state index >= 15 is 0 Å². The number of esters is 2. The van der Waals surface area contributed by atoms with Crippen LogP contribution in [0.3, 0.4) is 0 Å². The van der Waals surface area contributed by atoms with E-state index in [1.807, 2.05) is 18.2 Å². The first-order chi connectivity index (χ1) is 14.7. The predicted molar refractivity (Wildman–Crippen MR) is 115 cm³/mol. The van der Waals surface area contributed by atoms with E-state index in [9.17, 15) is 14.4 Å². The standard InChI is InChI=1S/C23H30N2O6/c1-6-29-19(26)17(20(27)30-7-2)18-23(12-13-24-14-23)15-10-8-9-11-16(15)25(18)21(28)31-22(3,4)5/h8-11,14,17-18H,6-7,12-13H2,1-5H3/t18-,23-/m0/s1. The van der Waals surface area contributed by atoms with Gasteiger partial charge in [-0.1, -0.05) is 18.2 Å². The molecule has 0 saturated carbocycles. The molecule has 3 rings (SSSR count). The zero-order chi connectivity index (χ0) is 22.8. The molecular weight excluding hydrogens is 400 g/mol. The fourth-order valence-corrected chi connectivity index (χ4v) is 4.37. The van der Waals surface area contributed by atoms with E-state index in [2.05, 4.69) is 4.99 Å². The van der Waals surface area contributed by atoms with Crippen LogP contribution < -0.4 is 4.90 Å². The Hall–Kier alpha value is -2.90. The van der Waals surface area contributed by atoms with Gasteiger partial charge in [0.05, 0.1) is 30.4 Å². The second-order valence-corrected chi connectivity index (χ2v) is 8.62. The van der Waals surface area contributed by atoms with Crippen molar-refractivity contribution in [3.8, 4) is 0 Å². The lowest BCUT2D eigenvalue weighted by Gasteiger charge is -2.37. The number of aliphatic imine (C=N–C) groups is 1. The van der Waals surface area contributed by atoms with Crippen molar-refractivity contribution in [2.45, 2.75) is 58.1 Å². The molecule has 0 saturated heterocycles. The number of fused-ring (bicyclic) bond motifs is 2. The zero-order valence-electron chi connectivity index (χ0n) is 18.7. The van der Waals surface area contributed by atoms with E-state index in [1.54, 1.807) is 46.9 Å². The fourth-order valence-electron chi connectivity index (χ4n) is 4.37. The average Bonchev–Trinajstić information content (AvgIpc) is 3.27. The summed E-state index contributed by atoms with van der Waals surface area (Å²) in [5.74, 6) is -2.80. The zero-order valence-corrected chi connectivity index (χ0v) is 18.7. The van der Waals surface area contributed by atoms with Crippen LogP contribution in [0.5, 0.6) is 0 Å². The molecule has 1 amide bonds. The minimum atomic E-state index is -1.34. The van der Waals surface area contributed by atoms with Gasteiger partial charge in [0, 0.05) is 12.8 Å². The number of carbonyl (C=O) groups excluding carboxylic acids is 3. The summed E-state index contributed by atoms with van der Waals surface area (Å²) in [6.07, 6.45) is 1.66. The number of amides is 1. The summed E-state index contributed by atoms with van der Waals surface area (Å²) in [7, 11) is 0. The van der Waals surface area contributed by atoms with Gasteiger partial charge in [-0.05, 0) is 52.7 Å². The van der Waals surface area contributed by atoms with E-state index in [1.165, 1.54) is 4.90 Å². The number of rotatable bonds is 5. The molecule has 2 aliphatic heterocycles. The maximum atomic E-state index is 13.4. The smallest absolute Gasteiger partial charge is 0.415 e. The van der Waals surface area contributed by atoms with Gasteiger partial charge in [0.15, 0.2) is 5.92 Å². The van der Waals surface area contributed by atoms with Crippen molar-refractivity contribution in [1.29, 1.82) is 0 Å². The third-order valence-electron chi connectivity index (χ3n) is 5.43. The number of carbonyl (C=O) groups is 3. The lowest BCUT2D eigenvalue weighted by atomic mass is 9.71. The van der Waals surface area contributed by atoms with Crippen LogP contribution in [0.1, 0.15) is 46.6 Å². The highest BCUT2D eigenvalue weighted by molar-refractivity contribution is 6.04. The van der Waals surface area contributed by atoms with Gasteiger partial charge in [0.2, 0.25) is 0 Å². The molecule has 1 aromatic rings. The highest BCUT2D eigenvalue weighted by atomic mass is 16.6. The number of ether oxygens (including phenoxy) is 3. The van der Waals surface area contributed by atoms with Crippen LogP contribution in [-0.2, 0) is 29.2 Å². The summed E-state index contributed by atoms with van der Waals surface area (Å²) in [5.41, 5.74) is -0.170. The quantitative estimate of drug-likeness (QED) is 0.404. The molecule has 8 nitrogen and oxygen atoms in total. The summed E-state index contributed by atoms with van der Waals surface area (Å²) in [5, 5.41) is 0. The van der Waals surface area contributed by atoms with Crippen LogP contribution in [0, 0.1) is 5.92 Å². The van der Waals surface area contributed by atoms with Gasteiger partial charge in [-0.25, -0.2) is 4.79 Å². The first-order valence-corrected chi connectivity index (χ1v) is 10.6. The molecule has 2 aliphatic rings. The maximum Gasteiger partial charge on any atom is 0.415 e. The average molecular weight is 431 g/mol. The van der Waals surface area contributed by atoms with Crippen molar-refractivity contribution in [3.63, 3.8) is 0 Å². The molecule has 0 radical (unpaired) electrons. The van der Waals surface area contributed by atoms with Crippen molar-refractivity contribution >= 4 is 29.9 Å². The lowest BCUT2D eigenvalue weighted by Crippen LogP contribution is -2.57. The molecule has 0 aliphatic carbocycles. The minimum Gasteiger partial charge on any atom is -0.465 e. The van der Waals surface area contributed by atoms with E-state index in [-0.39, 0.29) is 13.2 Å². The predicted octanol–water partition coefficient (Wildman–Crippen LogP) is 3.27. The molecule has 1 aromatic carbocycles. The van der Waals surface area contributed by atoms with Crippen molar-refractivity contribution in [2.24, 2.45) is 10.9 Å². The van der Waals surface area contributed by atoms with E-state index in [0.29, 0.717) is 18.7 Å².